The second-order valence-electron chi connectivity index (χ2n) is 3.35. The van der Waals surface area contributed by atoms with E-state index < -0.39 is 0 Å². The molecule has 0 amide bonds. The summed E-state index contributed by atoms with van der Waals surface area (Å²) in [6.45, 7) is 1.93. The van der Waals surface area contributed by atoms with E-state index in [-0.39, 0.29) is 5.56 Å². The molecule has 0 radical (unpaired) electrons. The first-order valence-corrected chi connectivity index (χ1v) is 4.62. The maximum absolute atomic E-state index is 11.4. The van der Waals surface area contributed by atoms with Crippen LogP contribution in [0, 0.1) is 0 Å². The fourth-order valence-corrected chi connectivity index (χ4v) is 1.74. The standard InChI is InChI=1S/C9H13N3O/c13-9-8(11-4-5-12-9)7-2-1-3-10-6-7/h4-5,7,10H,1-3,6H2,(H,12,13)/t7-/m0/s1. The van der Waals surface area contributed by atoms with Crippen molar-refractivity contribution in [3.05, 3.63) is 28.4 Å². The minimum atomic E-state index is -0.0452. The first-order chi connectivity index (χ1) is 6.38. The molecule has 1 aromatic heterocycles. The Labute approximate surface area is 76.4 Å². The van der Waals surface area contributed by atoms with Crippen LogP contribution in [0.2, 0.25) is 0 Å². The summed E-state index contributed by atoms with van der Waals surface area (Å²) in [7, 11) is 0. The van der Waals surface area contributed by atoms with E-state index in [1.807, 2.05) is 0 Å². The van der Waals surface area contributed by atoms with Gasteiger partial charge in [-0.15, -0.1) is 0 Å². The van der Waals surface area contributed by atoms with Gasteiger partial charge in [-0.05, 0) is 19.4 Å². The second kappa shape index (κ2) is 3.70. The van der Waals surface area contributed by atoms with E-state index in [9.17, 15) is 4.79 Å². The third kappa shape index (κ3) is 1.78. The zero-order valence-electron chi connectivity index (χ0n) is 7.42. The minimum absolute atomic E-state index is 0.0452. The predicted octanol–water partition coefficient (Wildman–Crippen LogP) is 0.237. The highest BCUT2D eigenvalue weighted by molar-refractivity contribution is 5.05. The van der Waals surface area contributed by atoms with Crippen molar-refractivity contribution >= 4 is 0 Å². The third-order valence-corrected chi connectivity index (χ3v) is 2.42. The molecule has 0 aromatic carbocycles. The van der Waals surface area contributed by atoms with Gasteiger partial charge in [-0.1, -0.05) is 0 Å². The van der Waals surface area contributed by atoms with Crippen LogP contribution in [0.5, 0.6) is 0 Å². The van der Waals surface area contributed by atoms with Gasteiger partial charge >= 0.3 is 0 Å². The zero-order chi connectivity index (χ0) is 9.10. The van der Waals surface area contributed by atoms with Gasteiger partial charge in [0.1, 0.15) is 5.69 Å². The monoisotopic (exact) mass is 179 g/mol. The van der Waals surface area contributed by atoms with Crippen molar-refractivity contribution in [3.8, 4) is 0 Å². The van der Waals surface area contributed by atoms with E-state index in [2.05, 4.69) is 15.3 Å². The lowest BCUT2D eigenvalue weighted by atomic mass is 9.96. The lowest BCUT2D eigenvalue weighted by Crippen LogP contribution is -2.32. The number of nitrogens with one attached hydrogen (secondary N) is 2. The molecule has 1 saturated heterocycles. The Morgan fingerprint density at radius 1 is 1.54 bits per heavy atom. The quantitative estimate of drug-likeness (QED) is 0.649. The Bertz CT molecular complexity index is 328. The normalized spacial score (nSPS) is 22.9. The summed E-state index contributed by atoms with van der Waals surface area (Å²) in [4.78, 5) is 18.1. The topological polar surface area (TPSA) is 57.8 Å². The molecule has 1 aliphatic heterocycles. The fraction of sp³-hybridized carbons (Fsp3) is 0.556. The fourth-order valence-electron chi connectivity index (χ4n) is 1.74. The summed E-state index contributed by atoms with van der Waals surface area (Å²) in [5, 5.41) is 3.27. The molecule has 0 bridgehead atoms. The molecule has 1 aromatic rings. The molecule has 0 unspecified atom stereocenters. The highest BCUT2D eigenvalue weighted by Crippen LogP contribution is 2.17. The van der Waals surface area contributed by atoms with Gasteiger partial charge in [-0.25, -0.2) is 0 Å². The number of aromatic amines is 1. The van der Waals surface area contributed by atoms with Crippen LogP contribution in [0.25, 0.3) is 0 Å². The van der Waals surface area contributed by atoms with Crippen LogP contribution >= 0.6 is 0 Å². The van der Waals surface area contributed by atoms with Crippen molar-refractivity contribution < 1.29 is 0 Å². The number of rotatable bonds is 1. The Balaban J connectivity index is 2.24. The largest absolute Gasteiger partial charge is 0.326 e. The first-order valence-electron chi connectivity index (χ1n) is 4.62. The minimum Gasteiger partial charge on any atom is -0.326 e. The molecule has 2 heterocycles. The van der Waals surface area contributed by atoms with Gasteiger partial charge < -0.3 is 10.3 Å². The van der Waals surface area contributed by atoms with Gasteiger partial charge in [0.25, 0.3) is 5.56 Å². The van der Waals surface area contributed by atoms with Crippen LogP contribution < -0.4 is 10.9 Å². The van der Waals surface area contributed by atoms with Crippen molar-refractivity contribution in [3.63, 3.8) is 0 Å². The molecule has 1 aliphatic rings. The van der Waals surface area contributed by atoms with Crippen molar-refractivity contribution in [2.45, 2.75) is 18.8 Å². The summed E-state index contributed by atoms with van der Waals surface area (Å²) in [5.41, 5.74) is 0.630. The number of hydrogen-bond acceptors (Lipinski definition) is 3. The van der Waals surface area contributed by atoms with E-state index in [0.717, 1.165) is 25.9 Å². The van der Waals surface area contributed by atoms with Gasteiger partial charge in [0, 0.05) is 24.9 Å². The summed E-state index contributed by atoms with van der Waals surface area (Å²) >= 11 is 0. The number of nitrogens with zero attached hydrogens (tertiary/aromatic N) is 1. The molecule has 1 fully saturated rings. The average molecular weight is 179 g/mol. The Morgan fingerprint density at radius 2 is 2.46 bits per heavy atom. The van der Waals surface area contributed by atoms with E-state index in [0.29, 0.717) is 11.6 Å². The summed E-state index contributed by atoms with van der Waals surface area (Å²) < 4.78 is 0. The maximum Gasteiger partial charge on any atom is 0.269 e. The lowest BCUT2D eigenvalue weighted by molar-refractivity contribution is 0.451. The van der Waals surface area contributed by atoms with Gasteiger partial charge in [0.05, 0.1) is 0 Å². The molecular formula is C9H13N3O. The molecule has 1 atom stereocenters. The highest BCUT2D eigenvalue weighted by atomic mass is 16.1. The molecule has 4 nitrogen and oxygen atoms in total. The zero-order valence-corrected chi connectivity index (χ0v) is 7.42. The Morgan fingerprint density at radius 3 is 3.15 bits per heavy atom. The van der Waals surface area contributed by atoms with Gasteiger partial charge in [0.15, 0.2) is 0 Å². The smallest absolute Gasteiger partial charge is 0.269 e. The van der Waals surface area contributed by atoms with Crippen LogP contribution in [-0.4, -0.2) is 23.1 Å². The lowest BCUT2D eigenvalue weighted by Gasteiger charge is -2.20. The van der Waals surface area contributed by atoms with Gasteiger partial charge in [0.2, 0.25) is 0 Å². The average Bonchev–Trinajstić information content (AvgIpc) is 2.20. The molecule has 13 heavy (non-hydrogen) atoms. The first kappa shape index (κ1) is 8.44. The van der Waals surface area contributed by atoms with Crippen LogP contribution in [0.1, 0.15) is 24.5 Å². The van der Waals surface area contributed by atoms with Crippen molar-refractivity contribution in [2.24, 2.45) is 0 Å². The van der Waals surface area contributed by atoms with Crippen LogP contribution in [0.3, 0.4) is 0 Å². The van der Waals surface area contributed by atoms with Crippen molar-refractivity contribution in [1.82, 2.24) is 15.3 Å². The molecule has 0 saturated carbocycles. The predicted molar refractivity (Wildman–Crippen MR) is 49.7 cm³/mol. The summed E-state index contributed by atoms with van der Waals surface area (Å²) in [5.74, 6) is 0.290. The van der Waals surface area contributed by atoms with Crippen molar-refractivity contribution in [1.29, 1.82) is 0 Å². The SMILES string of the molecule is O=c1[nH]ccnc1[C@H]1CCCNC1. The molecule has 2 rings (SSSR count). The second-order valence-corrected chi connectivity index (χ2v) is 3.35. The summed E-state index contributed by atoms with van der Waals surface area (Å²) in [6, 6.07) is 0. The molecule has 0 spiro atoms. The van der Waals surface area contributed by atoms with E-state index in [1.165, 1.54) is 0 Å². The molecule has 70 valence electrons. The third-order valence-electron chi connectivity index (χ3n) is 2.42. The van der Waals surface area contributed by atoms with Gasteiger partial charge in [-0.3, -0.25) is 9.78 Å². The van der Waals surface area contributed by atoms with E-state index in [4.69, 9.17) is 0 Å². The van der Waals surface area contributed by atoms with Gasteiger partial charge in [-0.2, -0.15) is 0 Å². The summed E-state index contributed by atoms with van der Waals surface area (Å²) in [6.07, 6.45) is 5.40. The van der Waals surface area contributed by atoms with Crippen LogP contribution in [-0.2, 0) is 0 Å². The molecular weight excluding hydrogens is 166 g/mol. The highest BCUT2D eigenvalue weighted by Gasteiger charge is 2.18. The van der Waals surface area contributed by atoms with E-state index in [1.54, 1.807) is 12.4 Å². The Kier molecular flexibility index (Phi) is 2.40. The maximum atomic E-state index is 11.4. The van der Waals surface area contributed by atoms with E-state index >= 15 is 0 Å². The molecule has 4 heteroatoms. The molecule has 0 aliphatic carbocycles. The van der Waals surface area contributed by atoms with Crippen molar-refractivity contribution in [2.75, 3.05) is 13.1 Å². The number of piperidine rings is 1. The Hall–Kier alpha value is -1.16. The number of H-pyrrole nitrogens is 1. The van der Waals surface area contributed by atoms with Crippen LogP contribution in [0.4, 0.5) is 0 Å². The molecule has 2 N–H and O–H groups in total. The number of hydrogen-bond donors (Lipinski definition) is 2. The van der Waals surface area contributed by atoms with Crippen LogP contribution in [0.15, 0.2) is 17.2 Å². The number of aromatic nitrogens is 2.